The van der Waals surface area contributed by atoms with Gasteiger partial charge in [0.15, 0.2) is 0 Å². The number of hydrogen-bond donors (Lipinski definition) is 4. The van der Waals surface area contributed by atoms with Gasteiger partial charge in [-0.15, -0.1) is 0 Å². The Morgan fingerprint density at radius 3 is 2.66 bits per heavy atom. The summed E-state index contributed by atoms with van der Waals surface area (Å²) in [5.74, 6) is -0.118. The average molecular weight is 472 g/mol. The van der Waals surface area contributed by atoms with Crippen LogP contribution in [0.25, 0.3) is 10.9 Å². The number of fused-ring (bicyclic) bond motifs is 1. The van der Waals surface area contributed by atoms with Gasteiger partial charge in [0.05, 0.1) is 11.1 Å². The molecule has 178 valence electrons. The smallest absolute Gasteiger partial charge is 0.337 e. The number of para-hydroxylation sites is 1. The van der Waals surface area contributed by atoms with Gasteiger partial charge in [-0.05, 0) is 55.1 Å². The minimum atomic E-state index is -1.04. The first-order valence-electron chi connectivity index (χ1n) is 11.0. The zero-order valence-electron chi connectivity index (χ0n) is 19.1. The summed E-state index contributed by atoms with van der Waals surface area (Å²) >= 11 is 0. The molecule has 0 aliphatic heterocycles. The molecule has 0 bridgehead atoms. The van der Waals surface area contributed by atoms with Crippen molar-refractivity contribution >= 4 is 34.3 Å². The van der Waals surface area contributed by atoms with Crippen molar-refractivity contribution in [2.24, 2.45) is 0 Å². The quantitative estimate of drug-likeness (QED) is 0.258. The van der Waals surface area contributed by atoms with E-state index in [2.05, 4.69) is 25.9 Å². The minimum absolute atomic E-state index is 0.120. The number of carboxylic acid groups (broad SMARTS) is 1. The molecule has 35 heavy (non-hydrogen) atoms. The van der Waals surface area contributed by atoms with Crippen LogP contribution < -0.4 is 20.7 Å². The molecule has 3 aromatic carbocycles. The summed E-state index contributed by atoms with van der Waals surface area (Å²) in [6.07, 6.45) is 1.34. The number of benzene rings is 3. The second-order valence-corrected chi connectivity index (χ2v) is 7.72. The fraction of sp³-hybridized carbons (Fsp3) is 0.154. The Balaban J connectivity index is 1.44. The van der Waals surface area contributed by atoms with Gasteiger partial charge in [0.25, 0.3) is 5.91 Å². The summed E-state index contributed by atoms with van der Waals surface area (Å²) in [7, 11) is 1.85. The van der Waals surface area contributed by atoms with E-state index in [0.29, 0.717) is 53.4 Å². The molecule has 4 rings (SSSR count). The lowest BCUT2D eigenvalue weighted by Gasteiger charge is -2.11. The maximum Gasteiger partial charge on any atom is 0.337 e. The molecule has 0 atom stereocenters. The van der Waals surface area contributed by atoms with E-state index < -0.39 is 5.97 Å². The highest BCUT2D eigenvalue weighted by molar-refractivity contribution is 6.05. The molecule has 4 aromatic rings. The number of carbonyl (C=O) groups is 2. The molecule has 1 aromatic heterocycles. The van der Waals surface area contributed by atoms with E-state index in [1.807, 2.05) is 37.4 Å². The molecule has 1 heterocycles. The number of nitrogens with zero attached hydrogens (tertiary/aromatic N) is 2. The first kappa shape index (κ1) is 23.7. The Hall–Kier alpha value is -4.50. The SMILES string of the molecule is CNCCOc1cccc(C(=O)Nc2cccc(CNc3ncnc4c(C(=O)O)cccc34)c2)c1. The summed E-state index contributed by atoms with van der Waals surface area (Å²) in [6, 6.07) is 19.4. The standard InChI is InChI=1S/C26H25N5O4/c1-27-11-12-35-20-8-3-6-18(14-20)25(32)31-19-7-2-5-17(13-19)15-28-24-21-9-4-10-22(26(33)34)23(21)29-16-30-24/h2-10,13-14,16,27H,11-12,15H2,1H3,(H,31,32)(H,33,34)(H,28,29,30). The number of hydrogen-bond acceptors (Lipinski definition) is 7. The molecule has 9 nitrogen and oxygen atoms in total. The largest absolute Gasteiger partial charge is 0.492 e. The van der Waals surface area contributed by atoms with Crippen LogP contribution in [-0.2, 0) is 6.54 Å². The fourth-order valence-electron chi connectivity index (χ4n) is 3.55. The molecular formula is C26H25N5O4. The van der Waals surface area contributed by atoms with Gasteiger partial charge in [0.2, 0.25) is 0 Å². The van der Waals surface area contributed by atoms with Crippen molar-refractivity contribution in [3.05, 3.63) is 89.7 Å². The van der Waals surface area contributed by atoms with E-state index in [1.54, 1.807) is 30.3 Å². The minimum Gasteiger partial charge on any atom is -0.492 e. The topological polar surface area (TPSA) is 125 Å². The second kappa shape index (κ2) is 11.1. The zero-order valence-corrected chi connectivity index (χ0v) is 19.1. The zero-order chi connectivity index (χ0) is 24.6. The fourth-order valence-corrected chi connectivity index (χ4v) is 3.55. The molecule has 0 radical (unpaired) electrons. The van der Waals surface area contributed by atoms with Crippen molar-refractivity contribution in [2.45, 2.75) is 6.54 Å². The van der Waals surface area contributed by atoms with Crippen LogP contribution >= 0.6 is 0 Å². The molecule has 0 saturated heterocycles. The van der Waals surface area contributed by atoms with Crippen LogP contribution in [0, 0.1) is 0 Å². The first-order chi connectivity index (χ1) is 17.0. The Morgan fingerprint density at radius 2 is 1.83 bits per heavy atom. The number of carboxylic acids is 1. The van der Waals surface area contributed by atoms with Gasteiger partial charge in [0, 0.05) is 29.7 Å². The Morgan fingerprint density at radius 1 is 1.00 bits per heavy atom. The van der Waals surface area contributed by atoms with Crippen LogP contribution in [0.2, 0.25) is 0 Å². The predicted octanol–water partition coefficient (Wildman–Crippen LogP) is 3.79. The van der Waals surface area contributed by atoms with Crippen molar-refractivity contribution in [3.63, 3.8) is 0 Å². The number of carbonyl (C=O) groups excluding carboxylic acids is 1. The lowest BCUT2D eigenvalue weighted by molar-refractivity contribution is 0.0698. The highest BCUT2D eigenvalue weighted by Crippen LogP contribution is 2.23. The second-order valence-electron chi connectivity index (χ2n) is 7.72. The van der Waals surface area contributed by atoms with Gasteiger partial charge in [-0.25, -0.2) is 14.8 Å². The molecular weight excluding hydrogens is 446 g/mol. The maximum atomic E-state index is 12.8. The number of ether oxygens (including phenoxy) is 1. The summed E-state index contributed by atoms with van der Waals surface area (Å²) in [4.78, 5) is 32.6. The molecule has 9 heteroatoms. The molecule has 0 unspecified atom stereocenters. The van der Waals surface area contributed by atoms with Crippen LogP contribution in [0.15, 0.2) is 73.1 Å². The third kappa shape index (κ3) is 5.90. The summed E-state index contributed by atoms with van der Waals surface area (Å²) in [5.41, 5.74) is 2.55. The third-order valence-corrected chi connectivity index (χ3v) is 5.26. The maximum absolute atomic E-state index is 12.8. The molecule has 0 aliphatic rings. The summed E-state index contributed by atoms with van der Waals surface area (Å²) in [5, 5.41) is 19.2. The van der Waals surface area contributed by atoms with Gasteiger partial charge in [-0.2, -0.15) is 0 Å². The summed E-state index contributed by atoms with van der Waals surface area (Å²) in [6.45, 7) is 1.64. The van der Waals surface area contributed by atoms with Crippen molar-refractivity contribution in [1.29, 1.82) is 0 Å². The van der Waals surface area contributed by atoms with Crippen LogP contribution in [0.3, 0.4) is 0 Å². The molecule has 0 fully saturated rings. The first-order valence-corrected chi connectivity index (χ1v) is 11.0. The number of rotatable bonds is 10. The normalized spacial score (nSPS) is 10.7. The molecule has 0 saturated carbocycles. The third-order valence-electron chi connectivity index (χ3n) is 5.26. The van der Waals surface area contributed by atoms with E-state index in [1.165, 1.54) is 12.4 Å². The number of nitrogens with one attached hydrogen (secondary N) is 3. The number of aromatic nitrogens is 2. The van der Waals surface area contributed by atoms with E-state index in [9.17, 15) is 14.7 Å². The lowest BCUT2D eigenvalue weighted by Crippen LogP contribution is -2.16. The molecule has 0 spiro atoms. The number of amides is 1. The lowest BCUT2D eigenvalue weighted by atomic mass is 10.1. The average Bonchev–Trinajstić information content (AvgIpc) is 2.87. The van der Waals surface area contributed by atoms with Gasteiger partial charge in [-0.3, -0.25) is 4.79 Å². The Bertz CT molecular complexity index is 1360. The molecule has 0 aliphatic carbocycles. The molecule has 4 N–H and O–H groups in total. The van der Waals surface area contributed by atoms with Gasteiger partial charge in [-0.1, -0.05) is 24.3 Å². The monoisotopic (exact) mass is 471 g/mol. The van der Waals surface area contributed by atoms with Gasteiger partial charge in [0.1, 0.15) is 24.5 Å². The van der Waals surface area contributed by atoms with Crippen LogP contribution in [0.1, 0.15) is 26.3 Å². The van der Waals surface area contributed by atoms with Crippen molar-refractivity contribution in [1.82, 2.24) is 15.3 Å². The number of likely N-dealkylation sites (N-methyl/N-ethyl adjacent to an activating group) is 1. The van der Waals surface area contributed by atoms with E-state index >= 15 is 0 Å². The van der Waals surface area contributed by atoms with E-state index in [0.717, 1.165) is 5.56 Å². The number of anilines is 2. The van der Waals surface area contributed by atoms with Gasteiger partial charge >= 0.3 is 5.97 Å². The Kier molecular flexibility index (Phi) is 7.49. The van der Waals surface area contributed by atoms with Crippen LogP contribution in [-0.4, -0.2) is 47.2 Å². The van der Waals surface area contributed by atoms with E-state index in [-0.39, 0.29) is 11.5 Å². The highest BCUT2D eigenvalue weighted by atomic mass is 16.5. The van der Waals surface area contributed by atoms with Crippen LogP contribution in [0.5, 0.6) is 5.75 Å². The number of aromatic carboxylic acids is 1. The Labute approximate surface area is 202 Å². The van der Waals surface area contributed by atoms with Crippen molar-refractivity contribution in [2.75, 3.05) is 30.8 Å². The van der Waals surface area contributed by atoms with E-state index in [4.69, 9.17) is 4.74 Å². The predicted molar refractivity (Wildman–Crippen MR) is 134 cm³/mol. The van der Waals surface area contributed by atoms with Crippen molar-refractivity contribution in [3.8, 4) is 5.75 Å². The molecule has 1 amide bonds. The summed E-state index contributed by atoms with van der Waals surface area (Å²) < 4.78 is 5.64. The highest BCUT2D eigenvalue weighted by Gasteiger charge is 2.13. The van der Waals surface area contributed by atoms with Crippen molar-refractivity contribution < 1.29 is 19.4 Å². The van der Waals surface area contributed by atoms with Crippen LogP contribution in [0.4, 0.5) is 11.5 Å². The van der Waals surface area contributed by atoms with Gasteiger partial charge < -0.3 is 25.8 Å².